The maximum Gasteiger partial charge on any atom is 0.222 e. The van der Waals surface area contributed by atoms with Gasteiger partial charge in [0.25, 0.3) is 0 Å². The molecule has 0 aliphatic heterocycles. The molecule has 0 radical (unpaired) electrons. The van der Waals surface area contributed by atoms with Gasteiger partial charge in [-0.1, -0.05) is 47.5 Å². The van der Waals surface area contributed by atoms with Gasteiger partial charge in [-0.25, -0.2) is 0 Å². The first-order valence-corrected chi connectivity index (χ1v) is 7.40. The fourth-order valence-electron chi connectivity index (χ4n) is 1.84. The lowest BCUT2D eigenvalue weighted by Crippen LogP contribution is -2.25. The van der Waals surface area contributed by atoms with Crippen LogP contribution in [0.4, 0.5) is 5.69 Å². The Kier molecular flexibility index (Phi) is 5.90. The summed E-state index contributed by atoms with van der Waals surface area (Å²) in [5.74, 6) is -0.0237. The highest BCUT2D eigenvalue weighted by Crippen LogP contribution is 2.15. The number of benzene rings is 2. The number of amides is 1. The largest absolute Gasteiger partial charge is 0.384 e. The third kappa shape index (κ3) is 5.29. The van der Waals surface area contributed by atoms with Crippen molar-refractivity contribution in [3.8, 4) is 0 Å². The Morgan fingerprint density at radius 2 is 1.86 bits per heavy atom. The molecular formula is C16H16Cl2N2O. The molecule has 2 aromatic carbocycles. The minimum Gasteiger partial charge on any atom is -0.384 e. The van der Waals surface area contributed by atoms with Crippen LogP contribution in [0.15, 0.2) is 48.5 Å². The maximum atomic E-state index is 11.8. The number of nitrogens with one attached hydrogen (secondary N) is 2. The van der Waals surface area contributed by atoms with Crippen LogP contribution in [0.5, 0.6) is 0 Å². The van der Waals surface area contributed by atoms with Gasteiger partial charge in [0.2, 0.25) is 5.91 Å². The molecule has 0 spiro atoms. The number of anilines is 1. The van der Waals surface area contributed by atoms with E-state index >= 15 is 0 Å². The third-order valence-electron chi connectivity index (χ3n) is 2.94. The van der Waals surface area contributed by atoms with Crippen LogP contribution in [0.3, 0.4) is 0 Å². The summed E-state index contributed by atoms with van der Waals surface area (Å²) in [5, 5.41) is 7.33. The molecule has 0 unspecified atom stereocenters. The molecule has 2 N–H and O–H groups in total. The van der Waals surface area contributed by atoms with Crippen molar-refractivity contribution in [1.82, 2.24) is 5.32 Å². The van der Waals surface area contributed by atoms with Gasteiger partial charge in [-0.05, 0) is 29.8 Å². The Balaban J connectivity index is 1.72. The summed E-state index contributed by atoms with van der Waals surface area (Å²) in [6, 6.07) is 14.9. The van der Waals surface area contributed by atoms with E-state index in [9.17, 15) is 4.79 Å². The fraction of sp³-hybridized carbons (Fsp3) is 0.188. The first-order chi connectivity index (χ1) is 10.1. The zero-order valence-corrected chi connectivity index (χ0v) is 12.9. The Morgan fingerprint density at radius 1 is 1.05 bits per heavy atom. The zero-order chi connectivity index (χ0) is 15.1. The van der Waals surface area contributed by atoms with Gasteiger partial charge in [-0.2, -0.15) is 0 Å². The molecule has 5 heteroatoms. The quantitative estimate of drug-likeness (QED) is 0.840. The molecule has 2 aromatic rings. The van der Waals surface area contributed by atoms with E-state index in [1.165, 1.54) is 0 Å². The maximum absolute atomic E-state index is 11.8. The highest BCUT2D eigenvalue weighted by atomic mass is 35.5. The Hall–Kier alpha value is -1.71. The molecule has 21 heavy (non-hydrogen) atoms. The Labute approximate surface area is 134 Å². The number of carbonyl (C=O) groups is 1. The molecule has 3 nitrogen and oxygen atoms in total. The molecule has 110 valence electrons. The fourth-order valence-corrected chi connectivity index (χ4v) is 2.24. The van der Waals surface area contributed by atoms with Crippen LogP contribution < -0.4 is 10.6 Å². The second-order valence-corrected chi connectivity index (χ2v) is 5.40. The number of carbonyl (C=O) groups excluding carboxylic acids is 1. The van der Waals surface area contributed by atoms with Crippen molar-refractivity contribution in [3.63, 3.8) is 0 Å². The summed E-state index contributed by atoms with van der Waals surface area (Å²) >= 11 is 11.9. The first kappa shape index (κ1) is 15.7. The summed E-state index contributed by atoms with van der Waals surface area (Å²) in [6.07, 6.45) is 0.386. The lowest BCUT2D eigenvalue weighted by atomic mass is 10.2. The SMILES string of the molecule is O=C(CCNc1cccc(Cl)c1)NCc1ccccc1Cl. The number of hydrogen-bond donors (Lipinski definition) is 2. The zero-order valence-electron chi connectivity index (χ0n) is 11.4. The molecule has 0 heterocycles. The van der Waals surface area contributed by atoms with E-state index in [1.54, 1.807) is 0 Å². The van der Waals surface area contributed by atoms with Gasteiger partial charge in [0, 0.05) is 35.2 Å². The van der Waals surface area contributed by atoms with E-state index in [2.05, 4.69) is 10.6 Å². The number of rotatable bonds is 6. The van der Waals surface area contributed by atoms with E-state index in [0.29, 0.717) is 29.6 Å². The molecule has 0 fully saturated rings. The van der Waals surface area contributed by atoms with Crippen molar-refractivity contribution >= 4 is 34.8 Å². The third-order valence-corrected chi connectivity index (χ3v) is 3.54. The van der Waals surface area contributed by atoms with Crippen LogP contribution >= 0.6 is 23.2 Å². The van der Waals surface area contributed by atoms with Crippen LogP contribution in [-0.2, 0) is 11.3 Å². The molecular weight excluding hydrogens is 307 g/mol. The van der Waals surface area contributed by atoms with Crippen LogP contribution in [-0.4, -0.2) is 12.5 Å². The first-order valence-electron chi connectivity index (χ1n) is 6.65. The highest BCUT2D eigenvalue weighted by molar-refractivity contribution is 6.31. The van der Waals surface area contributed by atoms with Gasteiger partial charge in [-0.15, -0.1) is 0 Å². The van der Waals surface area contributed by atoms with Crippen molar-refractivity contribution in [2.75, 3.05) is 11.9 Å². The highest BCUT2D eigenvalue weighted by Gasteiger charge is 2.03. The van der Waals surface area contributed by atoms with Gasteiger partial charge in [0.05, 0.1) is 0 Å². The van der Waals surface area contributed by atoms with Crippen molar-refractivity contribution in [2.45, 2.75) is 13.0 Å². The van der Waals surface area contributed by atoms with Crippen molar-refractivity contribution in [1.29, 1.82) is 0 Å². The van der Waals surface area contributed by atoms with Crippen molar-refractivity contribution in [2.24, 2.45) is 0 Å². The average Bonchev–Trinajstić information content (AvgIpc) is 2.46. The summed E-state index contributed by atoms with van der Waals surface area (Å²) in [4.78, 5) is 11.8. The predicted molar refractivity (Wildman–Crippen MR) is 87.9 cm³/mol. The molecule has 0 saturated carbocycles. The molecule has 0 bridgehead atoms. The van der Waals surface area contributed by atoms with Gasteiger partial charge in [-0.3, -0.25) is 4.79 Å². The Bertz CT molecular complexity index is 617. The smallest absolute Gasteiger partial charge is 0.222 e. The van der Waals surface area contributed by atoms with E-state index in [0.717, 1.165) is 11.3 Å². The molecule has 0 atom stereocenters. The topological polar surface area (TPSA) is 41.1 Å². The van der Waals surface area contributed by atoms with Gasteiger partial charge < -0.3 is 10.6 Å². The minimum absolute atomic E-state index is 0.0237. The van der Waals surface area contributed by atoms with Crippen LogP contribution in [0.25, 0.3) is 0 Å². The number of halogens is 2. The van der Waals surface area contributed by atoms with Crippen molar-refractivity contribution < 1.29 is 4.79 Å². The van der Waals surface area contributed by atoms with E-state index in [1.807, 2.05) is 48.5 Å². The summed E-state index contributed by atoms with van der Waals surface area (Å²) in [7, 11) is 0. The lowest BCUT2D eigenvalue weighted by Gasteiger charge is -2.08. The van der Waals surface area contributed by atoms with Crippen molar-refractivity contribution in [3.05, 3.63) is 64.1 Å². The van der Waals surface area contributed by atoms with E-state index in [4.69, 9.17) is 23.2 Å². The van der Waals surface area contributed by atoms with E-state index in [-0.39, 0.29) is 5.91 Å². The van der Waals surface area contributed by atoms with Crippen LogP contribution in [0.1, 0.15) is 12.0 Å². The Morgan fingerprint density at radius 3 is 2.62 bits per heavy atom. The standard InChI is InChI=1S/C16H16Cl2N2O/c17-13-5-3-6-14(10-13)19-9-8-16(21)20-11-12-4-1-2-7-15(12)18/h1-7,10,19H,8-9,11H2,(H,20,21). The minimum atomic E-state index is -0.0237. The molecule has 0 aliphatic rings. The average molecular weight is 323 g/mol. The van der Waals surface area contributed by atoms with E-state index < -0.39 is 0 Å². The van der Waals surface area contributed by atoms with Gasteiger partial charge in [0.1, 0.15) is 0 Å². The van der Waals surface area contributed by atoms with Gasteiger partial charge >= 0.3 is 0 Å². The molecule has 0 aliphatic carbocycles. The van der Waals surface area contributed by atoms with Gasteiger partial charge in [0.15, 0.2) is 0 Å². The predicted octanol–water partition coefficient (Wildman–Crippen LogP) is 4.11. The molecule has 1 amide bonds. The molecule has 0 aromatic heterocycles. The van der Waals surface area contributed by atoms with Crippen LogP contribution in [0.2, 0.25) is 10.0 Å². The summed E-state index contributed by atoms with van der Waals surface area (Å²) in [6.45, 7) is 0.990. The monoisotopic (exact) mass is 322 g/mol. The molecule has 2 rings (SSSR count). The summed E-state index contributed by atoms with van der Waals surface area (Å²) < 4.78 is 0. The summed E-state index contributed by atoms with van der Waals surface area (Å²) in [5.41, 5.74) is 1.82. The van der Waals surface area contributed by atoms with Crippen LogP contribution in [0, 0.1) is 0 Å². The normalized spacial score (nSPS) is 10.2. The number of hydrogen-bond acceptors (Lipinski definition) is 2. The lowest BCUT2D eigenvalue weighted by molar-refractivity contribution is -0.121. The second-order valence-electron chi connectivity index (χ2n) is 4.56. The second kappa shape index (κ2) is 7.91. The molecule has 0 saturated heterocycles.